The van der Waals surface area contributed by atoms with Crippen molar-refractivity contribution in [1.29, 1.82) is 0 Å². The second-order valence-electron chi connectivity index (χ2n) is 4.65. The molecule has 0 spiro atoms. The van der Waals surface area contributed by atoms with Crippen molar-refractivity contribution in [3.8, 4) is 5.75 Å². The van der Waals surface area contributed by atoms with Crippen molar-refractivity contribution in [1.82, 2.24) is 4.90 Å². The van der Waals surface area contributed by atoms with Crippen LogP contribution in [0, 0.1) is 0 Å². The molecule has 5 nitrogen and oxygen atoms in total. The molecule has 1 aromatic rings. The number of methoxy groups -OCH3 is 1. The van der Waals surface area contributed by atoms with Crippen LogP contribution in [0.3, 0.4) is 0 Å². The van der Waals surface area contributed by atoms with E-state index >= 15 is 0 Å². The third kappa shape index (κ3) is 2.92. The number of nitrogens with two attached hydrogens (primary N) is 1. The standard InChI is InChI=1S/C14H21N3O2/c1-3-14(18)17-8-6-16(7-9-17)12-10-11(15)4-5-13(12)19-2/h4-5,10H,3,6-9,15H2,1-2H3. The Morgan fingerprint density at radius 2 is 2.00 bits per heavy atom. The van der Waals surface area contributed by atoms with Gasteiger partial charge in [0.15, 0.2) is 0 Å². The van der Waals surface area contributed by atoms with E-state index < -0.39 is 0 Å². The molecule has 0 radical (unpaired) electrons. The summed E-state index contributed by atoms with van der Waals surface area (Å²) < 4.78 is 5.37. The summed E-state index contributed by atoms with van der Waals surface area (Å²) in [7, 11) is 1.66. The van der Waals surface area contributed by atoms with Gasteiger partial charge in [0.2, 0.25) is 5.91 Å². The molecule has 1 aromatic carbocycles. The fourth-order valence-corrected chi connectivity index (χ4v) is 2.37. The molecule has 0 atom stereocenters. The molecule has 0 aliphatic carbocycles. The molecule has 2 rings (SSSR count). The van der Waals surface area contributed by atoms with Crippen LogP contribution in [-0.4, -0.2) is 44.1 Å². The SMILES string of the molecule is CCC(=O)N1CCN(c2cc(N)ccc2OC)CC1. The largest absolute Gasteiger partial charge is 0.495 e. The summed E-state index contributed by atoms with van der Waals surface area (Å²) in [5, 5.41) is 0. The van der Waals surface area contributed by atoms with Crippen molar-refractivity contribution in [3.63, 3.8) is 0 Å². The van der Waals surface area contributed by atoms with E-state index in [4.69, 9.17) is 10.5 Å². The molecule has 19 heavy (non-hydrogen) atoms. The Bertz CT molecular complexity index is 454. The fourth-order valence-electron chi connectivity index (χ4n) is 2.37. The van der Waals surface area contributed by atoms with E-state index in [1.54, 1.807) is 7.11 Å². The second-order valence-corrected chi connectivity index (χ2v) is 4.65. The Balaban J connectivity index is 2.09. The second kappa shape index (κ2) is 5.82. The summed E-state index contributed by atoms with van der Waals surface area (Å²) in [6, 6.07) is 5.64. The Labute approximate surface area is 113 Å². The molecule has 0 saturated carbocycles. The van der Waals surface area contributed by atoms with E-state index in [1.165, 1.54) is 0 Å². The number of anilines is 2. The van der Waals surface area contributed by atoms with Gasteiger partial charge in [-0.15, -0.1) is 0 Å². The van der Waals surface area contributed by atoms with Crippen molar-refractivity contribution in [2.24, 2.45) is 0 Å². The molecular formula is C14H21N3O2. The highest BCUT2D eigenvalue weighted by Gasteiger charge is 2.22. The van der Waals surface area contributed by atoms with Gasteiger partial charge in [0.05, 0.1) is 12.8 Å². The van der Waals surface area contributed by atoms with Gasteiger partial charge in [-0.1, -0.05) is 6.92 Å². The maximum Gasteiger partial charge on any atom is 0.222 e. The van der Waals surface area contributed by atoms with Gasteiger partial charge in [-0.3, -0.25) is 4.79 Å². The highest BCUT2D eigenvalue weighted by atomic mass is 16.5. The van der Waals surface area contributed by atoms with Gasteiger partial charge < -0.3 is 20.3 Å². The number of piperazine rings is 1. The van der Waals surface area contributed by atoms with Crippen LogP contribution in [0.25, 0.3) is 0 Å². The summed E-state index contributed by atoms with van der Waals surface area (Å²) in [6.07, 6.45) is 0.571. The minimum Gasteiger partial charge on any atom is -0.495 e. The fraction of sp³-hybridized carbons (Fsp3) is 0.500. The monoisotopic (exact) mass is 263 g/mol. The van der Waals surface area contributed by atoms with Gasteiger partial charge in [0.1, 0.15) is 5.75 Å². The van der Waals surface area contributed by atoms with Crippen LogP contribution >= 0.6 is 0 Å². The van der Waals surface area contributed by atoms with E-state index in [-0.39, 0.29) is 5.91 Å². The lowest BCUT2D eigenvalue weighted by Crippen LogP contribution is -2.48. The third-order valence-electron chi connectivity index (χ3n) is 3.48. The van der Waals surface area contributed by atoms with Crippen molar-refractivity contribution >= 4 is 17.3 Å². The topological polar surface area (TPSA) is 58.8 Å². The molecule has 1 aliphatic heterocycles. The minimum absolute atomic E-state index is 0.221. The summed E-state index contributed by atoms with van der Waals surface area (Å²) in [4.78, 5) is 15.8. The van der Waals surface area contributed by atoms with Crippen LogP contribution < -0.4 is 15.4 Å². The van der Waals surface area contributed by atoms with Crippen LogP contribution in [0.1, 0.15) is 13.3 Å². The third-order valence-corrected chi connectivity index (χ3v) is 3.48. The molecule has 0 bridgehead atoms. The van der Waals surface area contributed by atoms with E-state index in [2.05, 4.69) is 4.90 Å². The maximum atomic E-state index is 11.6. The molecular weight excluding hydrogens is 242 g/mol. The average molecular weight is 263 g/mol. The number of carbonyl (C=O) groups is 1. The molecule has 104 valence electrons. The van der Waals surface area contributed by atoms with Crippen LogP contribution in [0.15, 0.2) is 18.2 Å². The first-order valence-electron chi connectivity index (χ1n) is 6.62. The number of rotatable bonds is 3. The van der Waals surface area contributed by atoms with Gasteiger partial charge in [-0.25, -0.2) is 0 Å². The quantitative estimate of drug-likeness (QED) is 0.836. The van der Waals surface area contributed by atoms with E-state index in [1.807, 2.05) is 30.0 Å². The van der Waals surface area contributed by atoms with E-state index in [0.717, 1.165) is 43.3 Å². The molecule has 1 fully saturated rings. The zero-order valence-corrected chi connectivity index (χ0v) is 11.6. The first-order chi connectivity index (χ1) is 9.15. The molecule has 2 N–H and O–H groups in total. The van der Waals surface area contributed by atoms with Crippen LogP contribution in [0.4, 0.5) is 11.4 Å². The normalized spacial score (nSPS) is 15.5. The number of nitrogens with zero attached hydrogens (tertiary/aromatic N) is 2. The maximum absolute atomic E-state index is 11.6. The molecule has 1 aliphatic rings. The lowest BCUT2D eigenvalue weighted by molar-refractivity contribution is -0.131. The summed E-state index contributed by atoms with van der Waals surface area (Å²) in [6.45, 7) is 5.03. The van der Waals surface area contributed by atoms with Crippen molar-refractivity contribution < 1.29 is 9.53 Å². The number of amides is 1. The predicted octanol–water partition coefficient (Wildman–Crippen LogP) is 1.34. The molecule has 1 heterocycles. The van der Waals surface area contributed by atoms with Crippen molar-refractivity contribution in [3.05, 3.63) is 18.2 Å². The van der Waals surface area contributed by atoms with Crippen molar-refractivity contribution in [2.75, 3.05) is 43.9 Å². The molecule has 1 saturated heterocycles. The Morgan fingerprint density at radius 3 is 2.58 bits per heavy atom. The molecule has 0 aromatic heterocycles. The number of benzene rings is 1. The summed E-state index contributed by atoms with van der Waals surface area (Å²) in [5.74, 6) is 1.05. The number of carbonyl (C=O) groups excluding carboxylic acids is 1. The minimum atomic E-state index is 0.221. The lowest BCUT2D eigenvalue weighted by atomic mass is 10.2. The Hall–Kier alpha value is -1.91. The first-order valence-corrected chi connectivity index (χ1v) is 6.62. The Kier molecular flexibility index (Phi) is 4.14. The van der Waals surface area contributed by atoms with E-state index in [9.17, 15) is 4.79 Å². The highest BCUT2D eigenvalue weighted by molar-refractivity contribution is 5.76. The van der Waals surface area contributed by atoms with Crippen LogP contribution in [-0.2, 0) is 4.79 Å². The van der Waals surface area contributed by atoms with Crippen LogP contribution in [0.5, 0.6) is 5.75 Å². The van der Waals surface area contributed by atoms with Gasteiger partial charge in [0, 0.05) is 38.3 Å². The number of ether oxygens (including phenoxy) is 1. The van der Waals surface area contributed by atoms with Crippen molar-refractivity contribution in [2.45, 2.75) is 13.3 Å². The molecule has 5 heteroatoms. The van der Waals surface area contributed by atoms with Gasteiger partial charge >= 0.3 is 0 Å². The zero-order valence-electron chi connectivity index (χ0n) is 11.6. The number of hydrogen-bond acceptors (Lipinski definition) is 4. The summed E-state index contributed by atoms with van der Waals surface area (Å²) >= 11 is 0. The average Bonchev–Trinajstić information content (AvgIpc) is 2.46. The first kappa shape index (κ1) is 13.5. The van der Waals surface area contributed by atoms with E-state index in [0.29, 0.717) is 6.42 Å². The Morgan fingerprint density at radius 1 is 1.32 bits per heavy atom. The smallest absolute Gasteiger partial charge is 0.222 e. The highest BCUT2D eigenvalue weighted by Crippen LogP contribution is 2.31. The zero-order chi connectivity index (χ0) is 13.8. The number of hydrogen-bond donors (Lipinski definition) is 1. The molecule has 1 amide bonds. The number of nitrogen functional groups attached to an aromatic ring is 1. The predicted molar refractivity (Wildman–Crippen MR) is 76.5 cm³/mol. The lowest BCUT2D eigenvalue weighted by Gasteiger charge is -2.36. The van der Waals surface area contributed by atoms with Gasteiger partial charge in [-0.2, -0.15) is 0 Å². The van der Waals surface area contributed by atoms with Gasteiger partial charge in [-0.05, 0) is 18.2 Å². The molecule has 0 unspecified atom stereocenters. The van der Waals surface area contributed by atoms with Crippen LogP contribution in [0.2, 0.25) is 0 Å². The van der Waals surface area contributed by atoms with Gasteiger partial charge in [0.25, 0.3) is 0 Å². The summed E-state index contributed by atoms with van der Waals surface area (Å²) in [5.41, 5.74) is 7.57.